The van der Waals surface area contributed by atoms with Gasteiger partial charge in [-0.05, 0) is 74.4 Å². The van der Waals surface area contributed by atoms with Crippen LogP contribution in [0.25, 0.3) is 0 Å². The quantitative estimate of drug-likeness (QED) is 0.402. The van der Waals surface area contributed by atoms with Gasteiger partial charge in [-0.25, -0.2) is 13.8 Å². The number of carbonyl (C=O) groups is 1. The van der Waals surface area contributed by atoms with Crippen molar-refractivity contribution in [3.8, 4) is 5.75 Å². The number of hydrazone groups is 1. The lowest BCUT2D eigenvalue weighted by molar-refractivity contribution is -0.119. The fourth-order valence-corrected chi connectivity index (χ4v) is 4.67. The van der Waals surface area contributed by atoms with Gasteiger partial charge in [0.05, 0.1) is 23.4 Å². The van der Waals surface area contributed by atoms with E-state index in [0.717, 1.165) is 21.0 Å². The van der Waals surface area contributed by atoms with Crippen molar-refractivity contribution < 1.29 is 17.9 Å². The van der Waals surface area contributed by atoms with Crippen LogP contribution in [-0.2, 0) is 14.8 Å². The minimum Gasteiger partial charge on any atom is -0.497 e. The summed E-state index contributed by atoms with van der Waals surface area (Å²) in [6.07, 6.45) is 0. The molecule has 0 bridgehead atoms. The maximum Gasteiger partial charge on any atom is 0.264 e. The Bertz CT molecular complexity index is 1250. The number of hydrogen-bond donors (Lipinski definition) is 1. The van der Waals surface area contributed by atoms with E-state index in [9.17, 15) is 13.2 Å². The molecule has 0 atom stereocenters. The zero-order valence-corrected chi connectivity index (χ0v) is 19.9. The van der Waals surface area contributed by atoms with Crippen molar-refractivity contribution in [2.24, 2.45) is 5.10 Å². The predicted octanol–water partition coefficient (Wildman–Crippen LogP) is 4.05. The first-order valence-corrected chi connectivity index (χ1v) is 11.8. The van der Waals surface area contributed by atoms with Crippen LogP contribution in [-0.4, -0.2) is 33.7 Å². The fourth-order valence-electron chi connectivity index (χ4n) is 3.19. The van der Waals surface area contributed by atoms with Crippen LogP contribution in [0, 0.1) is 13.8 Å². The van der Waals surface area contributed by atoms with Crippen molar-refractivity contribution in [2.75, 3.05) is 18.0 Å². The van der Waals surface area contributed by atoms with Gasteiger partial charge in [-0.3, -0.25) is 9.10 Å². The second-order valence-corrected chi connectivity index (χ2v) is 9.43. The van der Waals surface area contributed by atoms with E-state index < -0.39 is 22.5 Å². The maximum atomic E-state index is 13.5. The van der Waals surface area contributed by atoms with E-state index in [1.807, 2.05) is 25.1 Å². The molecular formula is C25H27N3O4S. The SMILES string of the molecule is COc1ccc(/C(C)=N\NC(=O)CN(c2ccccc2C)S(=O)(=O)c2ccc(C)cc2)cc1. The normalized spacial score (nSPS) is 11.7. The zero-order valence-electron chi connectivity index (χ0n) is 19.1. The van der Waals surface area contributed by atoms with Gasteiger partial charge >= 0.3 is 0 Å². The summed E-state index contributed by atoms with van der Waals surface area (Å²) in [4.78, 5) is 12.9. The molecule has 0 saturated carbocycles. The summed E-state index contributed by atoms with van der Waals surface area (Å²) in [5.41, 5.74) is 5.97. The summed E-state index contributed by atoms with van der Waals surface area (Å²) in [5.74, 6) is 0.160. The van der Waals surface area contributed by atoms with Gasteiger partial charge in [-0.15, -0.1) is 0 Å². The van der Waals surface area contributed by atoms with Crippen molar-refractivity contribution in [1.29, 1.82) is 0 Å². The van der Waals surface area contributed by atoms with Gasteiger partial charge in [0.2, 0.25) is 0 Å². The monoisotopic (exact) mass is 465 g/mol. The predicted molar refractivity (Wildman–Crippen MR) is 130 cm³/mol. The minimum atomic E-state index is -3.98. The Balaban J connectivity index is 1.86. The van der Waals surface area contributed by atoms with Crippen LogP contribution in [0.15, 0.2) is 82.8 Å². The highest BCUT2D eigenvalue weighted by molar-refractivity contribution is 7.92. The molecule has 33 heavy (non-hydrogen) atoms. The highest BCUT2D eigenvalue weighted by Gasteiger charge is 2.28. The minimum absolute atomic E-state index is 0.113. The standard InChI is InChI=1S/C25H27N3O4S/c1-18-9-15-23(16-10-18)33(30,31)28(24-8-6-5-7-19(24)2)17-25(29)27-26-20(3)21-11-13-22(32-4)14-12-21/h5-16H,17H2,1-4H3,(H,27,29)/b26-20-. The third-order valence-corrected chi connectivity index (χ3v) is 6.91. The van der Waals surface area contributed by atoms with E-state index in [1.165, 1.54) is 0 Å². The van der Waals surface area contributed by atoms with Crippen molar-refractivity contribution in [2.45, 2.75) is 25.7 Å². The van der Waals surface area contributed by atoms with Crippen LogP contribution in [0.1, 0.15) is 23.6 Å². The molecule has 0 spiro atoms. The molecule has 8 heteroatoms. The number of para-hydroxylation sites is 1. The molecule has 0 aliphatic carbocycles. The molecule has 7 nitrogen and oxygen atoms in total. The molecule has 0 aromatic heterocycles. The Hall–Kier alpha value is -3.65. The number of ether oxygens (including phenoxy) is 1. The number of rotatable bonds is 8. The van der Waals surface area contributed by atoms with Gasteiger partial charge in [-0.2, -0.15) is 5.10 Å². The molecule has 3 aromatic rings. The van der Waals surface area contributed by atoms with E-state index in [-0.39, 0.29) is 4.90 Å². The van der Waals surface area contributed by atoms with Gasteiger partial charge < -0.3 is 4.74 Å². The first kappa shape index (κ1) is 24.0. The van der Waals surface area contributed by atoms with Crippen molar-refractivity contribution in [3.05, 3.63) is 89.5 Å². The number of anilines is 1. The van der Waals surface area contributed by atoms with Gasteiger partial charge in [0.1, 0.15) is 12.3 Å². The van der Waals surface area contributed by atoms with Crippen LogP contribution in [0.3, 0.4) is 0 Å². The highest BCUT2D eigenvalue weighted by Crippen LogP contribution is 2.26. The van der Waals surface area contributed by atoms with E-state index in [0.29, 0.717) is 17.1 Å². The molecule has 1 N–H and O–H groups in total. The smallest absolute Gasteiger partial charge is 0.264 e. The molecule has 1 amide bonds. The molecule has 0 fully saturated rings. The van der Waals surface area contributed by atoms with E-state index >= 15 is 0 Å². The van der Waals surface area contributed by atoms with Gasteiger partial charge in [0, 0.05) is 0 Å². The number of nitrogens with one attached hydrogen (secondary N) is 1. The average Bonchev–Trinajstić information content (AvgIpc) is 2.82. The van der Waals surface area contributed by atoms with Gasteiger partial charge in [0.25, 0.3) is 15.9 Å². The summed E-state index contributed by atoms with van der Waals surface area (Å²) in [5, 5.41) is 4.14. The van der Waals surface area contributed by atoms with Gasteiger partial charge in [-0.1, -0.05) is 35.9 Å². The lowest BCUT2D eigenvalue weighted by Gasteiger charge is -2.25. The second-order valence-electron chi connectivity index (χ2n) is 7.57. The topological polar surface area (TPSA) is 88.1 Å². The molecule has 0 aliphatic rings. The summed E-state index contributed by atoms with van der Waals surface area (Å²) < 4.78 is 33.2. The largest absolute Gasteiger partial charge is 0.497 e. The number of benzene rings is 3. The molecule has 0 radical (unpaired) electrons. The zero-order chi connectivity index (χ0) is 24.0. The molecule has 3 aromatic carbocycles. The lowest BCUT2D eigenvalue weighted by Crippen LogP contribution is -2.40. The fraction of sp³-hybridized carbons (Fsp3) is 0.200. The summed E-state index contributed by atoms with van der Waals surface area (Å²) in [6.45, 7) is 5.02. The number of nitrogens with zero attached hydrogens (tertiary/aromatic N) is 2. The maximum absolute atomic E-state index is 13.5. The highest BCUT2D eigenvalue weighted by atomic mass is 32.2. The Labute approximate surface area is 194 Å². The molecule has 0 unspecified atom stereocenters. The van der Waals surface area contributed by atoms with Crippen LogP contribution >= 0.6 is 0 Å². The number of carbonyl (C=O) groups excluding carboxylic acids is 1. The Morgan fingerprint density at radius 2 is 1.61 bits per heavy atom. The van der Waals surface area contributed by atoms with Gasteiger partial charge in [0.15, 0.2) is 0 Å². The number of methoxy groups -OCH3 is 1. The number of hydrogen-bond acceptors (Lipinski definition) is 5. The molecule has 0 saturated heterocycles. The Morgan fingerprint density at radius 1 is 0.970 bits per heavy atom. The van der Waals surface area contributed by atoms with Crippen LogP contribution in [0.4, 0.5) is 5.69 Å². The molecular weight excluding hydrogens is 438 g/mol. The molecule has 172 valence electrons. The lowest BCUT2D eigenvalue weighted by atomic mass is 10.1. The summed E-state index contributed by atoms with van der Waals surface area (Å²) in [7, 11) is -2.39. The molecule has 0 heterocycles. The van der Waals surface area contributed by atoms with E-state index in [2.05, 4.69) is 10.5 Å². The molecule has 3 rings (SSSR count). The van der Waals surface area contributed by atoms with E-state index in [1.54, 1.807) is 75.6 Å². The third kappa shape index (κ3) is 5.78. The van der Waals surface area contributed by atoms with E-state index in [4.69, 9.17) is 4.74 Å². The number of amides is 1. The van der Waals surface area contributed by atoms with Crippen molar-refractivity contribution in [1.82, 2.24) is 5.43 Å². The van der Waals surface area contributed by atoms with Crippen LogP contribution in [0.2, 0.25) is 0 Å². The number of sulfonamides is 1. The van der Waals surface area contributed by atoms with Crippen molar-refractivity contribution >= 4 is 27.3 Å². The number of aryl methyl sites for hydroxylation is 2. The third-order valence-electron chi connectivity index (χ3n) is 5.14. The summed E-state index contributed by atoms with van der Waals surface area (Å²) >= 11 is 0. The Kier molecular flexibility index (Phi) is 7.50. The first-order valence-electron chi connectivity index (χ1n) is 10.3. The first-order chi connectivity index (χ1) is 15.7. The van der Waals surface area contributed by atoms with Crippen LogP contribution in [0.5, 0.6) is 5.75 Å². The average molecular weight is 466 g/mol. The van der Waals surface area contributed by atoms with Crippen molar-refractivity contribution in [3.63, 3.8) is 0 Å². The molecule has 0 aliphatic heterocycles. The van der Waals surface area contributed by atoms with Crippen LogP contribution < -0.4 is 14.5 Å². The second kappa shape index (κ2) is 10.3. The summed E-state index contributed by atoms with van der Waals surface area (Å²) in [6, 6.07) is 20.8. The Morgan fingerprint density at radius 3 is 2.21 bits per heavy atom.